The second-order valence-corrected chi connectivity index (χ2v) is 5.77. The van der Waals surface area contributed by atoms with Gasteiger partial charge in [0.2, 0.25) is 0 Å². The lowest BCUT2D eigenvalue weighted by atomic mass is 10.0. The Hall–Kier alpha value is -2.44. The number of anilines is 1. The minimum atomic E-state index is -4.36. The number of halogens is 3. The highest BCUT2D eigenvalue weighted by atomic mass is 19.4. The van der Waals surface area contributed by atoms with Gasteiger partial charge in [0.1, 0.15) is 17.9 Å². The maximum absolute atomic E-state index is 12.8. The highest BCUT2D eigenvalue weighted by molar-refractivity contribution is 5.81. The smallest absolute Gasteiger partial charge is 0.355 e. The molecule has 0 N–H and O–H groups in total. The molecule has 2 heterocycles. The SMILES string of the molecule is O=C1CCN(c2ncncc2Cc2cccc(C(F)(F)F)c2)CC1. The van der Waals surface area contributed by atoms with E-state index in [1.165, 1.54) is 12.4 Å². The Labute approximate surface area is 137 Å². The van der Waals surface area contributed by atoms with Crippen molar-refractivity contribution in [1.29, 1.82) is 0 Å². The molecule has 0 amide bonds. The molecule has 1 saturated heterocycles. The zero-order valence-electron chi connectivity index (χ0n) is 12.9. The van der Waals surface area contributed by atoms with Crippen molar-refractivity contribution >= 4 is 11.6 Å². The summed E-state index contributed by atoms with van der Waals surface area (Å²) < 4.78 is 38.5. The Morgan fingerprint density at radius 2 is 1.92 bits per heavy atom. The first-order valence-electron chi connectivity index (χ1n) is 7.65. The fourth-order valence-electron chi connectivity index (χ4n) is 2.81. The molecule has 1 aromatic heterocycles. The van der Waals surface area contributed by atoms with E-state index >= 15 is 0 Å². The summed E-state index contributed by atoms with van der Waals surface area (Å²) >= 11 is 0. The molecule has 24 heavy (non-hydrogen) atoms. The fraction of sp³-hybridized carbons (Fsp3) is 0.353. The van der Waals surface area contributed by atoms with Crippen molar-refractivity contribution in [3.05, 3.63) is 53.5 Å². The van der Waals surface area contributed by atoms with Crippen LogP contribution in [0.3, 0.4) is 0 Å². The molecule has 0 aliphatic carbocycles. The number of benzene rings is 1. The third-order valence-corrected chi connectivity index (χ3v) is 4.03. The van der Waals surface area contributed by atoms with Crippen molar-refractivity contribution in [1.82, 2.24) is 9.97 Å². The number of carbonyl (C=O) groups is 1. The molecule has 126 valence electrons. The number of rotatable bonds is 3. The summed E-state index contributed by atoms with van der Waals surface area (Å²) in [7, 11) is 0. The Kier molecular flexibility index (Phi) is 4.51. The second kappa shape index (κ2) is 6.59. The molecule has 3 rings (SSSR count). The van der Waals surface area contributed by atoms with Crippen molar-refractivity contribution in [3.63, 3.8) is 0 Å². The van der Waals surface area contributed by atoms with E-state index in [9.17, 15) is 18.0 Å². The van der Waals surface area contributed by atoms with Crippen molar-refractivity contribution in [2.45, 2.75) is 25.4 Å². The Morgan fingerprint density at radius 3 is 2.62 bits per heavy atom. The predicted molar refractivity (Wildman–Crippen MR) is 82.7 cm³/mol. The minimum Gasteiger partial charge on any atom is -0.355 e. The molecule has 0 unspecified atom stereocenters. The van der Waals surface area contributed by atoms with Crippen LogP contribution in [0.25, 0.3) is 0 Å². The lowest BCUT2D eigenvalue weighted by Crippen LogP contribution is -2.35. The number of Topliss-reactive ketones (excluding diaryl/α,β-unsaturated/α-hetero) is 1. The van der Waals surface area contributed by atoms with Gasteiger partial charge < -0.3 is 4.90 Å². The molecular formula is C17H16F3N3O. The number of alkyl halides is 3. The number of piperidine rings is 1. The van der Waals surface area contributed by atoms with Gasteiger partial charge in [-0.1, -0.05) is 18.2 Å². The van der Waals surface area contributed by atoms with E-state index in [0.29, 0.717) is 43.7 Å². The summed E-state index contributed by atoms with van der Waals surface area (Å²) in [5.41, 5.74) is 0.641. The van der Waals surface area contributed by atoms with Gasteiger partial charge in [-0.3, -0.25) is 4.79 Å². The average Bonchev–Trinajstić information content (AvgIpc) is 2.56. The molecule has 0 atom stereocenters. The van der Waals surface area contributed by atoms with Crippen LogP contribution in [0.4, 0.5) is 19.0 Å². The normalized spacial score (nSPS) is 15.6. The summed E-state index contributed by atoms with van der Waals surface area (Å²) in [4.78, 5) is 21.6. The van der Waals surface area contributed by atoms with Crippen molar-refractivity contribution < 1.29 is 18.0 Å². The third kappa shape index (κ3) is 3.72. The number of carbonyl (C=O) groups excluding carboxylic acids is 1. The summed E-state index contributed by atoms with van der Waals surface area (Å²) in [6.07, 6.45) is -0.0791. The van der Waals surface area contributed by atoms with E-state index in [0.717, 1.165) is 17.7 Å². The van der Waals surface area contributed by atoms with Gasteiger partial charge in [-0.05, 0) is 11.6 Å². The predicted octanol–water partition coefficient (Wildman–Crippen LogP) is 3.26. The Morgan fingerprint density at radius 1 is 1.17 bits per heavy atom. The van der Waals surface area contributed by atoms with E-state index in [-0.39, 0.29) is 5.78 Å². The summed E-state index contributed by atoms with van der Waals surface area (Å²) in [5, 5.41) is 0. The third-order valence-electron chi connectivity index (χ3n) is 4.03. The zero-order chi connectivity index (χ0) is 17.2. The average molecular weight is 335 g/mol. The standard InChI is InChI=1S/C17H16F3N3O/c18-17(19,20)14-3-1-2-12(9-14)8-13-10-21-11-22-16(13)23-6-4-15(24)5-7-23/h1-3,9-11H,4-8H2. The molecule has 1 fully saturated rings. The van der Waals surface area contributed by atoms with Gasteiger partial charge in [-0.2, -0.15) is 13.2 Å². The first kappa shape index (κ1) is 16.4. The Balaban J connectivity index is 1.85. The molecule has 2 aromatic rings. The molecule has 0 saturated carbocycles. The minimum absolute atomic E-state index is 0.222. The van der Waals surface area contributed by atoms with E-state index in [4.69, 9.17) is 0 Å². The molecule has 1 aliphatic heterocycles. The molecule has 4 nitrogen and oxygen atoms in total. The summed E-state index contributed by atoms with van der Waals surface area (Å²) in [6.45, 7) is 1.15. The maximum atomic E-state index is 12.8. The monoisotopic (exact) mass is 335 g/mol. The van der Waals surface area contributed by atoms with E-state index in [2.05, 4.69) is 9.97 Å². The fourth-order valence-corrected chi connectivity index (χ4v) is 2.81. The summed E-state index contributed by atoms with van der Waals surface area (Å²) in [5.74, 6) is 0.912. The highest BCUT2D eigenvalue weighted by Crippen LogP contribution is 2.30. The largest absolute Gasteiger partial charge is 0.416 e. The van der Waals surface area contributed by atoms with Crippen LogP contribution in [-0.2, 0) is 17.4 Å². The lowest BCUT2D eigenvalue weighted by molar-refractivity contribution is -0.137. The molecule has 1 aromatic carbocycles. The molecule has 1 aliphatic rings. The summed E-state index contributed by atoms with van der Waals surface area (Å²) in [6, 6.07) is 5.27. The second-order valence-electron chi connectivity index (χ2n) is 5.77. The lowest BCUT2D eigenvalue weighted by Gasteiger charge is -2.28. The van der Waals surface area contributed by atoms with Gasteiger partial charge >= 0.3 is 6.18 Å². The van der Waals surface area contributed by atoms with E-state index < -0.39 is 11.7 Å². The first-order valence-corrected chi connectivity index (χ1v) is 7.65. The number of hydrogen-bond donors (Lipinski definition) is 0. The molecule has 0 spiro atoms. The van der Waals surface area contributed by atoms with Crippen molar-refractivity contribution in [2.75, 3.05) is 18.0 Å². The van der Waals surface area contributed by atoms with Crippen LogP contribution in [0.1, 0.15) is 29.5 Å². The molecular weight excluding hydrogens is 319 g/mol. The first-order chi connectivity index (χ1) is 11.4. The quantitative estimate of drug-likeness (QED) is 0.864. The van der Waals surface area contributed by atoms with Gasteiger partial charge in [-0.15, -0.1) is 0 Å². The van der Waals surface area contributed by atoms with Gasteiger partial charge in [0.15, 0.2) is 0 Å². The van der Waals surface area contributed by atoms with Crippen LogP contribution in [0.15, 0.2) is 36.8 Å². The van der Waals surface area contributed by atoms with E-state index in [1.807, 2.05) is 4.90 Å². The topological polar surface area (TPSA) is 46.1 Å². The molecule has 7 heteroatoms. The van der Waals surface area contributed by atoms with Crippen LogP contribution in [0.5, 0.6) is 0 Å². The van der Waals surface area contributed by atoms with Crippen LogP contribution in [0.2, 0.25) is 0 Å². The van der Waals surface area contributed by atoms with E-state index in [1.54, 1.807) is 12.3 Å². The molecule has 0 bridgehead atoms. The van der Waals surface area contributed by atoms with Crippen LogP contribution >= 0.6 is 0 Å². The number of aromatic nitrogens is 2. The number of nitrogens with zero attached hydrogens (tertiary/aromatic N) is 3. The maximum Gasteiger partial charge on any atom is 0.416 e. The van der Waals surface area contributed by atoms with Gasteiger partial charge in [0.05, 0.1) is 5.56 Å². The van der Waals surface area contributed by atoms with Crippen molar-refractivity contribution in [3.8, 4) is 0 Å². The highest BCUT2D eigenvalue weighted by Gasteiger charge is 2.30. The van der Waals surface area contributed by atoms with Crippen molar-refractivity contribution in [2.24, 2.45) is 0 Å². The van der Waals surface area contributed by atoms with Crippen LogP contribution in [-0.4, -0.2) is 28.8 Å². The zero-order valence-corrected chi connectivity index (χ0v) is 12.9. The molecule has 0 radical (unpaired) electrons. The van der Waals surface area contributed by atoms with Gasteiger partial charge in [0, 0.05) is 44.1 Å². The number of ketones is 1. The Bertz CT molecular complexity index is 736. The van der Waals surface area contributed by atoms with Crippen LogP contribution in [0, 0.1) is 0 Å². The number of hydrogen-bond acceptors (Lipinski definition) is 4. The van der Waals surface area contributed by atoms with Crippen LogP contribution < -0.4 is 4.90 Å². The van der Waals surface area contributed by atoms with Gasteiger partial charge in [0.25, 0.3) is 0 Å². The van der Waals surface area contributed by atoms with Gasteiger partial charge in [-0.25, -0.2) is 9.97 Å².